The summed E-state index contributed by atoms with van der Waals surface area (Å²) in [7, 11) is 0. The summed E-state index contributed by atoms with van der Waals surface area (Å²) in [5.41, 5.74) is 14.4. The fourth-order valence-corrected chi connectivity index (χ4v) is 9.05. The van der Waals surface area contributed by atoms with Gasteiger partial charge in [0.1, 0.15) is 46.4 Å². The van der Waals surface area contributed by atoms with Crippen LogP contribution in [0.4, 0.5) is 35.6 Å². The van der Waals surface area contributed by atoms with Gasteiger partial charge < -0.3 is 77.5 Å². The summed E-state index contributed by atoms with van der Waals surface area (Å²) in [6.07, 6.45) is 1.46. The number of hydrogen-bond donors (Lipinski definition) is 13. The summed E-state index contributed by atoms with van der Waals surface area (Å²) in [6.45, 7) is 28.7. The van der Waals surface area contributed by atoms with E-state index in [0.717, 1.165) is 29.2 Å². The van der Waals surface area contributed by atoms with Crippen LogP contribution in [0.3, 0.4) is 0 Å². The van der Waals surface area contributed by atoms with Gasteiger partial charge in [-0.2, -0.15) is 0 Å². The fourth-order valence-electron chi connectivity index (χ4n) is 8.92. The van der Waals surface area contributed by atoms with Crippen molar-refractivity contribution in [3.63, 3.8) is 0 Å². The molecule has 2 aromatic carbocycles. The number of nitrogens with zero attached hydrogens (tertiary/aromatic N) is 5. The number of hydrogen-bond acceptors (Lipinski definition) is 21. The third-order valence-corrected chi connectivity index (χ3v) is 13.5. The smallest absolute Gasteiger partial charge is 0.437 e. The Hall–Kier alpha value is -9.04. The van der Waals surface area contributed by atoms with Crippen LogP contribution in [-0.2, 0) is 39.7 Å². The summed E-state index contributed by atoms with van der Waals surface area (Å²) in [5, 5.41) is 34.6. The van der Waals surface area contributed by atoms with E-state index < -0.39 is 82.4 Å². The molecule has 0 saturated carbocycles. The highest BCUT2D eigenvalue weighted by molar-refractivity contribution is 6.31. The molecule has 33 heteroatoms. The number of halogens is 1. The molecule has 0 fully saturated rings. The largest absolute Gasteiger partial charge is 0.492 e. The van der Waals surface area contributed by atoms with Crippen LogP contribution in [0.1, 0.15) is 184 Å². The number of carbonyl (C=O) groups is 8. The second kappa shape index (κ2) is 40.9. The van der Waals surface area contributed by atoms with Crippen molar-refractivity contribution in [3.8, 4) is 5.75 Å². The quantitative estimate of drug-likeness (QED) is 0.0126. The molecule has 0 aliphatic carbocycles. The van der Waals surface area contributed by atoms with Crippen LogP contribution in [0.25, 0.3) is 10.8 Å². The molecule has 1 aromatic heterocycles. The Balaban J connectivity index is 1.65. The second-order valence-electron chi connectivity index (χ2n) is 28.5. The first kappa shape index (κ1) is 85.2. The van der Waals surface area contributed by atoms with Crippen LogP contribution in [-0.4, -0.2) is 180 Å². The molecule has 0 saturated heterocycles. The average molecular weight is 1430 g/mol. The maximum Gasteiger partial charge on any atom is 0.437 e. The molecule has 32 nitrogen and oxygen atoms in total. The Morgan fingerprint density at radius 2 is 1.00 bits per heavy atom. The SMILES string of the molecule is CC(C)(C)OC(=O)/N=C(\NCCCC[C@@H](N)C(=O)NCCCN(CCCNC(=O)[C@@H](CCCCN/C(=N\C(=O)OC(C)(C)C)NC(=O)OC(C)(C)C)NC(=O)OC(C)(C)C)CCOc1ccc2cc(CCCCNC(=N)NC(=O)c3nc(Cl)c(N)nc3N)ccc2c1)NC(=O)OC(C)(C)C. The summed E-state index contributed by atoms with van der Waals surface area (Å²) in [4.78, 5) is 121. The number of ether oxygens (including phenoxy) is 6. The number of aryl methyl sites for hydroxylation is 1. The predicted molar refractivity (Wildman–Crippen MR) is 384 cm³/mol. The van der Waals surface area contributed by atoms with Crippen molar-refractivity contribution in [1.82, 2.24) is 62.7 Å². The number of unbranched alkanes of at least 4 members (excludes halogenated alkanes) is 3. The Labute approximate surface area is 591 Å². The van der Waals surface area contributed by atoms with Crippen LogP contribution >= 0.6 is 11.6 Å². The topological polar surface area (TPSA) is 456 Å². The zero-order valence-electron chi connectivity index (χ0n) is 60.8. The molecule has 0 aliphatic heterocycles. The molecule has 0 bridgehead atoms. The van der Waals surface area contributed by atoms with E-state index in [-0.39, 0.29) is 72.3 Å². The molecular weight excluding hydrogens is 1320 g/mol. The number of aromatic nitrogens is 2. The minimum Gasteiger partial charge on any atom is -0.492 e. The van der Waals surface area contributed by atoms with Gasteiger partial charge in [-0.25, -0.2) is 33.9 Å². The van der Waals surface area contributed by atoms with E-state index in [1.807, 2.05) is 24.3 Å². The molecular formula is C67H109ClN18O14. The first-order chi connectivity index (χ1) is 46.5. The van der Waals surface area contributed by atoms with E-state index in [4.69, 9.17) is 62.6 Å². The molecule has 100 heavy (non-hydrogen) atoms. The number of nitrogens with one attached hydrogen (secondary N) is 10. The van der Waals surface area contributed by atoms with Crippen molar-refractivity contribution >= 4 is 100 Å². The predicted octanol–water partition coefficient (Wildman–Crippen LogP) is 7.79. The highest BCUT2D eigenvalue weighted by atomic mass is 35.5. The van der Waals surface area contributed by atoms with E-state index >= 15 is 0 Å². The van der Waals surface area contributed by atoms with E-state index in [1.54, 1.807) is 104 Å². The number of alkyl carbamates (subject to hydrolysis) is 3. The molecule has 3 aromatic rings. The molecule has 8 amide bonds. The molecule has 3 rings (SSSR count). The Morgan fingerprint density at radius 3 is 1.54 bits per heavy atom. The van der Waals surface area contributed by atoms with Crippen molar-refractivity contribution in [3.05, 3.63) is 52.8 Å². The minimum atomic E-state index is -0.985. The number of benzene rings is 2. The van der Waals surface area contributed by atoms with Gasteiger partial charge >= 0.3 is 30.5 Å². The van der Waals surface area contributed by atoms with E-state index in [0.29, 0.717) is 96.4 Å². The maximum absolute atomic E-state index is 13.9. The van der Waals surface area contributed by atoms with Crippen molar-refractivity contribution in [2.45, 2.75) is 215 Å². The zero-order valence-corrected chi connectivity index (χ0v) is 61.6. The first-order valence-electron chi connectivity index (χ1n) is 33.5. The number of nitrogens with two attached hydrogens (primary N) is 3. The number of nitrogen functional groups attached to an aromatic ring is 2. The molecule has 16 N–H and O–H groups in total. The number of amides is 8. The summed E-state index contributed by atoms with van der Waals surface area (Å²) >= 11 is 5.89. The Bertz CT molecular complexity index is 3280. The standard InChI is InChI=1S/C67H109ClN18O14/c1-63(2,3)96-58(90)78-47(26-18-21-33-77-57(84-61(93)99-66(10,11)12)85-62(94)100-67(13,14)15)53(88)74-35-23-37-86(36-22-34-73-52(87)46(69)25-17-20-32-76-56(82-59(91)97-64(4,5)6)83-60(92)98-65(7,8)9)38-39-95-45-30-29-43-40-42(27-28-44(43)41-45)24-16-19-31-75-55(72)81-54(89)48-50(70)80-51(71)49(68)79-48/h27-30,40-41,46-47H,16-26,31-39,69H2,1-15H3,(H,73,87)(H,74,88)(H,78,90)(H4,70,71,80)(H3,72,75,81,89)(H2,76,82,83,91,92)(H2,77,84,85,93,94)/t46-,47-/m1/s1. The highest BCUT2D eigenvalue weighted by Gasteiger charge is 2.27. The third kappa shape index (κ3) is 38.4. The Kier molecular flexibility index (Phi) is 34.8. The van der Waals surface area contributed by atoms with Crippen molar-refractivity contribution in [2.24, 2.45) is 15.7 Å². The van der Waals surface area contributed by atoms with Crippen molar-refractivity contribution in [2.75, 3.05) is 70.4 Å². The molecule has 0 radical (unpaired) electrons. The molecule has 0 unspecified atom stereocenters. The van der Waals surface area contributed by atoms with Gasteiger partial charge in [0.05, 0.1) is 6.04 Å². The molecule has 2 atom stereocenters. The van der Waals surface area contributed by atoms with Gasteiger partial charge in [0.25, 0.3) is 5.91 Å². The summed E-state index contributed by atoms with van der Waals surface area (Å²) < 4.78 is 33.1. The number of carbonyl (C=O) groups excluding carboxylic acids is 8. The fraction of sp³-hybridized carbons (Fsp3) is 0.627. The number of anilines is 2. The Morgan fingerprint density at radius 1 is 0.530 bits per heavy atom. The van der Waals surface area contributed by atoms with Crippen LogP contribution in [0, 0.1) is 5.41 Å². The lowest BCUT2D eigenvalue weighted by molar-refractivity contribution is -0.123. The van der Waals surface area contributed by atoms with Gasteiger partial charge in [0.2, 0.25) is 23.7 Å². The monoisotopic (exact) mass is 1420 g/mol. The normalized spacial score (nSPS) is 12.8. The highest BCUT2D eigenvalue weighted by Crippen LogP contribution is 2.24. The van der Waals surface area contributed by atoms with Gasteiger partial charge in [-0.05, 0) is 216 Å². The van der Waals surface area contributed by atoms with Crippen molar-refractivity contribution in [1.29, 1.82) is 5.41 Å². The summed E-state index contributed by atoms with van der Waals surface area (Å²) in [5.74, 6) is -1.73. The van der Waals surface area contributed by atoms with E-state index in [2.05, 4.69) is 84.8 Å². The number of rotatable bonds is 31. The summed E-state index contributed by atoms with van der Waals surface area (Å²) in [6, 6.07) is 10.3. The maximum atomic E-state index is 13.9. The number of aliphatic imine (C=N–C) groups is 2. The van der Waals surface area contributed by atoms with Crippen LogP contribution in [0.5, 0.6) is 5.75 Å². The number of guanidine groups is 3. The molecule has 0 aliphatic rings. The molecule has 1 heterocycles. The third-order valence-electron chi connectivity index (χ3n) is 13.2. The molecule has 0 spiro atoms. The van der Waals surface area contributed by atoms with Gasteiger partial charge in [-0.1, -0.05) is 35.9 Å². The van der Waals surface area contributed by atoms with Gasteiger partial charge in [-0.3, -0.25) is 40.6 Å². The molecule has 558 valence electrons. The average Bonchev–Trinajstić information content (AvgIpc) is 0.836. The van der Waals surface area contributed by atoms with Crippen molar-refractivity contribution < 1.29 is 66.8 Å². The van der Waals surface area contributed by atoms with Crippen LogP contribution < -0.4 is 69.8 Å². The van der Waals surface area contributed by atoms with Gasteiger partial charge in [0.15, 0.2) is 28.4 Å². The van der Waals surface area contributed by atoms with Gasteiger partial charge in [0, 0.05) is 39.3 Å². The lowest BCUT2D eigenvalue weighted by atomic mass is 10.0. The lowest BCUT2D eigenvalue weighted by Gasteiger charge is -2.24. The number of fused-ring (bicyclic) bond motifs is 1. The van der Waals surface area contributed by atoms with E-state index in [9.17, 15) is 38.4 Å². The van der Waals surface area contributed by atoms with Crippen LogP contribution in [0.2, 0.25) is 5.15 Å². The van der Waals surface area contributed by atoms with Gasteiger partial charge in [-0.15, -0.1) is 9.98 Å². The first-order valence-corrected chi connectivity index (χ1v) is 33.9. The minimum absolute atomic E-state index is 0.110. The lowest BCUT2D eigenvalue weighted by Crippen LogP contribution is -2.48. The van der Waals surface area contributed by atoms with Crippen LogP contribution in [0.15, 0.2) is 46.4 Å². The zero-order chi connectivity index (χ0) is 75.0. The second-order valence-corrected chi connectivity index (χ2v) is 28.8. The van der Waals surface area contributed by atoms with E-state index in [1.165, 1.54) is 0 Å².